The third-order valence-corrected chi connectivity index (χ3v) is 4.53. The van der Waals surface area contributed by atoms with Crippen molar-refractivity contribution >= 4 is 21.6 Å². The summed E-state index contributed by atoms with van der Waals surface area (Å²) in [5.41, 5.74) is 5.58. The molecule has 0 radical (unpaired) electrons. The molecule has 0 unspecified atom stereocenters. The summed E-state index contributed by atoms with van der Waals surface area (Å²) in [5.74, 6) is -1.21. The van der Waals surface area contributed by atoms with Crippen molar-refractivity contribution in [1.82, 2.24) is 9.62 Å². The quantitative estimate of drug-likeness (QED) is 0.783. The van der Waals surface area contributed by atoms with Crippen LogP contribution in [0.2, 0.25) is 0 Å². The number of carbonyl (C=O) groups is 1. The van der Waals surface area contributed by atoms with Crippen molar-refractivity contribution in [2.45, 2.75) is 17.7 Å². The van der Waals surface area contributed by atoms with Gasteiger partial charge in [-0.1, -0.05) is 0 Å². The minimum atomic E-state index is -4.09. The van der Waals surface area contributed by atoms with Crippen LogP contribution in [0.15, 0.2) is 23.1 Å². The number of sulfonamides is 1. The Hall–Kier alpha value is -1.67. The minimum Gasteiger partial charge on any atom is -0.399 e. The second-order valence-corrected chi connectivity index (χ2v) is 6.34. The molecule has 1 fully saturated rings. The number of nitrogens with one attached hydrogen (secondary N) is 1. The Morgan fingerprint density at radius 1 is 1.35 bits per heavy atom. The zero-order chi connectivity index (χ0) is 14.8. The number of carbonyl (C=O) groups excluding carboxylic acids is 1. The molecule has 6 nitrogen and oxygen atoms in total. The molecule has 1 aliphatic heterocycles. The van der Waals surface area contributed by atoms with Crippen LogP contribution in [0.25, 0.3) is 0 Å². The van der Waals surface area contributed by atoms with Crippen LogP contribution in [0, 0.1) is 5.82 Å². The fraction of sp³-hybridized carbons (Fsp3) is 0.417. The highest BCUT2D eigenvalue weighted by molar-refractivity contribution is 7.89. The molecule has 1 aliphatic rings. The Morgan fingerprint density at radius 3 is 2.65 bits per heavy atom. The first-order valence-corrected chi connectivity index (χ1v) is 7.71. The molecular formula is C12H16FN3O3S. The summed E-state index contributed by atoms with van der Waals surface area (Å²) in [4.78, 5) is 12.8. The molecule has 1 amide bonds. The van der Waals surface area contributed by atoms with E-state index in [0.717, 1.165) is 25.0 Å². The number of anilines is 1. The molecule has 0 bridgehead atoms. The number of hydrogen-bond donors (Lipinski definition) is 2. The van der Waals surface area contributed by atoms with Crippen molar-refractivity contribution in [3.63, 3.8) is 0 Å². The lowest BCUT2D eigenvalue weighted by molar-refractivity contribution is -0.128. The molecule has 0 atom stereocenters. The maximum Gasteiger partial charge on any atom is 0.244 e. The van der Waals surface area contributed by atoms with Gasteiger partial charge in [0.2, 0.25) is 15.9 Å². The Balaban J connectivity index is 2.07. The molecule has 110 valence electrons. The maximum absolute atomic E-state index is 13.5. The molecule has 1 aromatic carbocycles. The second kappa shape index (κ2) is 5.76. The van der Waals surface area contributed by atoms with Gasteiger partial charge < -0.3 is 10.6 Å². The highest BCUT2D eigenvalue weighted by Crippen LogP contribution is 2.17. The molecular weight excluding hydrogens is 285 g/mol. The van der Waals surface area contributed by atoms with E-state index in [0.29, 0.717) is 13.1 Å². The van der Waals surface area contributed by atoms with Crippen molar-refractivity contribution in [3.05, 3.63) is 24.0 Å². The minimum absolute atomic E-state index is 0.137. The van der Waals surface area contributed by atoms with E-state index < -0.39 is 20.7 Å². The highest BCUT2D eigenvalue weighted by atomic mass is 32.2. The summed E-state index contributed by atoms with van der Waals surface area (Å²) in [6.45, 7) is 0.886. The molecule has 8 heteroatoms. The van der Waals surface area contributed by atoms with Gasteiger partial charge in [-0.3, -0.25) is 4.79 Å². The molecule has 0 aromatic heterocycles. The fourth-order valence-corrected chi connectivity index (χ4v) is 3.12. The van der Waals surface area contributed by atoms with Gasteiger partial charge in [0.05, 0.1) is 6.54 Å². The summed E-state index contributed by atoms with van der Waals surface area (Å²) >= 11 is 0. The molecule has 0 saturated carbocycles. The van der Waals surface area contributed by atoms with Gasteiger partial charge in [0.15, 0.2) is 0 Å². The van der Waals surface area contributed by atoms with E-state index in [1.54, 1.807) is 4.90 Å². The predicted molar refractivity (Wildman–Crippen MR) is 71.8 cm³/mol. The smallest absolute Gasteiger partial charge is 0.244 e. The fourth-order valence-electron chi connectivity index (χ4n) is 2.04. The zero-order valence-electron chi connectivity index (χ0n) is 10.8. The van der Waals surface area contributed by atoms with Crippen LogP contribution in [-0.2, 0) is 14.8 Å². The molecule has 0 aliphatic carbocycles. The van der Waals surface area contributed by atoms with Crippen molar-refractivity contribution in [3.8, 4) is 0 Å². The Labute approximate surface area is 116 Å². The predicted octanol–water partition coefficient (Wildman–Crippen LogP) is 0.309. The van der Waals surface area contributed by atoms with Gasteiger partial charge in [-0.05, 0) is 31.0 Å². The normalized spacial score (nSPS) is 15.6. The SMILES string of the molecule is Nc1ccc(F)c(S(=O)(=O)NCC(=O)N2CCCC2)c1. The van der Waals surface area contributed by atoms with Crippen LogP contribution < -0.4 is 10.5 Å². The van der Waals surface area contributed by atoms with Crippen molar-refractivity contribution in [2.75, 3.05) is 25.4 Å². The maximum atomic E-state index is 13.5. The summed E-state index contributed by atoms with van der Waals surface area (Å²) in [5, 5.41) is 0. The lowest BCUT2D eigenvalue weighted by atomic mass is 10.3. The number of likely N-dealkylation sites (tertiary alicyclic amines) is 1. The van der Waals surface area contributed by atoms with E-state index in [2.05, 4.69) is 4.72 Å². The molecule has 1 aromatic rings. The number of nitrogens with two attached hydrogens (primary N) is 1. The van der Waals surface area contributed by atoms with Crippen molar-refractivity contribution < 1.29 is 17.6 Å². The summed E-state index contributed by atoms with van der Waals surface area (Å²) < 4.78 is 39.5. The van der Waals surface area contributed by atoms with Gasteiger partial charge in [0.1, 0.15) is 10.7 Å². The van der Waals surface area contributed by atoms with E-state index >= 15 is 0 Å². The number of hydrogen-bond acceptors (Lipinski definition) is 4. The molecule has 2 rings (SSSR count). The number of nitrogen functional groups attached to an aromatic ring is 1. The van der Waals surface area contributed by atoms with Gasteiger partial charge in [-0.25, -0.2) is 17.5 Å². The molecule has 20 heavy (non-hydrogen) atoms. The Bertz CT molecular complexity index is 612. The van der Waals surface area contributed by atoms with Crippen molar-refractivity contribution in [1.29, 1.82) is 0 Å². The van der Waals surface area contributed by atoms with Crippen LogP contribution in [0.4, 0.5) is 10.1 Å². The number of rotatable bonds is 4. The number of benzene rings is 1. The number of halogens is 1. The molecule has 1 saturated heterocycles. The monoisotopic (exact) mass is 301 g/mol. The topological polar surface area (TPSA) is 92.5 Å². The van der Waals surface area contributed by atoms with Gasteiger partial charge in [-0.15, -0.1) is 0 Å². The first-order valence-electron chi connectivity index (χ1n) is 6.22. The van der Waals surface area contributed by atoms with E-state index in [4.69, 9.17) is 5.73 Å². The summed E-state index contributed by atoms with van der Waals surface area (Å²) in [6, 6.07) is 3.27. The molecule has 3 N–H and O–H groups in total. The molecule has 0 spiro atoms. The largest absolute Gasteiger partial charge is 0.399 e. The van der Waals surface area contributed by atoms with Gasteiger partial charge in [0, 0.05) is 18.8 Å². The summed E-state index contributed by atoms with van der Waals surface area (Å²) in [6.07, 6.45) is 1.84. The van der Waals surface area contributed by atoms with Crippen LogP contribution in [0.5, 0.6) is 0 Å². The van der Waals surface area contributed by atoms with Crippen LogP contribution in [0.1, 0.15) is 12.8 Å². The van der Waals surface area contributed by atoms with E-state index in [-0.39, 0.29) is 18.1 Å². The average molecular weight is 301 g/mol. The Morgan fingerprint density at radius 2 is 2.00 bits per heavy atom. The lowest BCUT2D eigenvalue weighted by Gasteiger charge is -2.15. The number of amides is 1. The second-order valence-electron chi connectivity index (χ2n) is 4.60. The molecule has 1 heterocycles. The van der Waals surface area contributed by atoms with Crippen molar-refractivity contribution in [2.24, 2.45) is 0 Å². The van der Waals surface area contributed by atoms with Gasteiger partial charge >= 0.3 is 0 Å². The Kier molecular flexibility index (Phi) is 4.24. The zero-order valence-corrected chi connectivity index (χ0v) is 11.6. The van der Waals surface area contributed by atoms with Crippen LogP contribution >= 0.6 is 0 Å². The van der Waals surface area contributed by atoms with E-state index in [1.807, 2.05) is 0 Å². The number of nitrogens with zero attached hydrogens (tertiary/aromatic N) is 1. The summed E-state index contributed by atoms with van der Waals surface area (Å²) in [7, 11) is -4.09. The van der Waals surface area contributed by atoms with E-state index in [1.165, 1.54) is 6.07 Å². The standard InChI is InChI=1S/C12H16FN3O3S/c13-10-4-3-9(14)7-11(10)20(18,19)15-8-12(17)16-5-1-2-6-16/h3-4,7,15H,1-2,5-6,8,14H2. The van der Waals surface area contributed by atoms with Crippen LogP contribution in [0.3, 0.4) is 0 Å². The third kappa shape index (κ3) is 3.26. The van der Waals surface area contributed by atoms with Gasteiger partial charge in [0.25, 0.3) is 0 Å². The third-order valence-electron chi connectivity index (χ3n) is 3.12. The first-order chi connectivity index (χ1) is 9.40. The average Bonchev–Trinajstić information content (AvgIpc) is 2.93. The van der Waals surface area contributed by atoms with E-state index in [9.17, 15) is 17.6 Å². The first kappa shape index (κ1) is 14.7. The van der Waals surface area contributed by atoms with Gasteiger partial charge in [-0.2, -0.15) is 0 Å². The van der Waals surface area contributed by atoms with Crippen LogP contribution in [-0.4, -0.2) is 38.9 Å². The highest BCUT2D eigenvalue weighted by Gasteiger charge is 2.23. The lowest BCUT2D eigenvalue weighted by Crippen LogP contribution is -2.38.